The highest BCUT2D eigenvalue weighted by Crippen LogP contribution is 2.33. The molecule has 27 heavy (non-hydrogen) atoms. The summed E-state index contributed by atoms with van der Waals surface area (Å²) in [6, 6.07) is 13.4. The standard InChI is InChI=1S/C24H33NO2/c1-4-5-22(16-25)21-10-9-19-13-17(6-8-20(19)15-21)12-18-7-11-23(26-2)24(14-18)27-3/h7,9-11,14-15,17,22H,4-6,8,12-13,16,25H2,1-3H3. The van der Waals surface area contributed by atoms with Crippen molar-refractivity contribution in [2.24, 2.45) is 11.7 Å². The van der Waals surface area contributed by atoms with Gasteiger partial charge in [-0.05, 0) is 84.9 Å². The summed E-state index contributed by atoms with van der Waals surface area (Å²) < 4.78 is 10.8. The lowest BCUT2D eigenvalue weighted by molar-refractivity contribution is 0.354. The first-order valence-electron chi connectivity index (χ1n) is 10.2. The van der Waals surface area contributed by atoms with Crippen LogP contribution in [-0.4, -0.2) is 20.8 Å². The molecule has 2 N–H and O–H groups in total. The summed E-state index contributed by atoms with van der Waals surface area (Å²) in [6.45, 7) is 2.98. The SMILES string of the molecule is CCCC(CN)c1ccc2c(c1)CCC(Cc1ccc(OC)c(OC)c1)C2. The van der Waals surface area contributed by atoms with Crippen LogP contribution in [0.5, 0.6) is 11.5 Å². The van der Waals surface area contributed by atoms with Crippen molar-refractivity contribution >= 4 is 0 Å². The van der Waals surface area contributed by atoms with Crippen molar-refractivity contribution in [2.45, 2.75) is 51.4 Å². The molecule has 1 aliphatic carbocycles. The molecule has 146 valence electrons. The monoisotopic (exact) mass is 367 g/mol. The smallest absolute Gasteiger partial charge is 0.160 e. The van der Waals surface area contributed by atoms with Gasteiger partial charge in [-0.15, -0.1) is 0 Å². The molecule has 0 fully saturated rings. The highest BCUT2D eigenvalue weighted by molar-refractivity contribution is 5.43. The van der Waals surface area contributed by atoms with Gasteiger partial charge in [-0.2, -0.15) is 0 Å². The van der Waals surface area contributed by atoms with Crippen molar-refractivity contribution < 1.29 is 9.47 Å². The zero-order chi connectivity index (χ0) is 19.2. The van der Waals surface area contributed by atoms with E-state index < -0.39 is 0 Å². The van der Waals surface area contributed by atoms with Gasteiger partial charge in [-0.1, -0.05) is 37.6 Å². The minimum Gasteiger partial charge on any atom is -0.493 e. The first-order chi connectivity index (χ1) is 13.2. The normalized spacial score (nSPS) is 17.3. The minimum absolute atomic E-state index is 0.504. The number of methoxy groups -OCH3 is 2. The second-order valence-electron chi connectivity index (χ2n) is 7.75. The van der Waals surface area contributed by atoms with Crippen LogP contribution < -0.4 is 15.2 Å². The molecule has 0 radical (unpaired) electrons. The van der Waals surface area contributed by atoms with Crippen LogP contribution in [0.3, 0.4) is 0 Å². The van der Waals surface area contributed by atoms with E-state index in [1.54, 1.807) is 14.2 Å². The van der Waals surface area contributed by atoms with Crippen molar-refractivity contribution in [3.63, 3.8) is 0 Å². The maximum Gasteiger partial charge on any atom is 0.160 e. The zero-order valence-corrected chi connectivity index (χ0v) is 17.0. The van der Waals surface area contributed by atoms with Gasteiger partial charge in [-0.3, -0.25) is 0 Å². The van der Waals surface area contributed by atoms with E-state index in [1.165, 1.54) is 47.9 Å². The average molecular weight is 368 g/mol. The van der Waals surface area contributed by atoms with Crippen LogP contribution >= 0.6 is 0 Å². The fraction of sp³-hybridized carbons (Fsp3) is 0.500. The molecule has 0 heterocycles. The number of nitrogens with two attached hydrogens (primary N) is 1. The summed E-state index contributed by atoms with van der Waals surface area (Å²) in [5.41, 5.74) is 11.8. The Balaban J connectivity index is 1.70. The van der Waals surface area contributed by atoms with E-state index in [1.807, 2.05) is 6.07 Å². The van der Waals surface area contributed by atoms with Gasteiger partial charge < -0.3 is 15.2 Å². The molecule has 0 aliphatic heterocycles. The van der Waals surface area contributed by atoms with Gasteiger partial charge in [0.15, 0.2) is 11.5 Å². The summed E-state index contributed by atoms with van der Waals surface area (Å²) in [5, 5.41) is 0. The van der Waals surface area contributed by atoms with Crippen LogP contribution in [0.25, 0.3) is 0 Å². The Bertz CT molecular complexity index is 756. The summed E-state index contributed by atoms with van der Waals surface area (Å²) >= 11 is 0. The van der Waals surface area contributed by atoms with Gasteiger partial charge in [0.25, 0.3) is 0 Å². The Morgan fingerprint density at radius 1 is 1.04 bits per heavy atom. The van der Waals surface area contributed by atoms with Crippen LogP contribution in [0, 0.1) is 5.92 Å². The van der Waals surface area contributed by atoms with E-state index in [-0.39, 0.29) is 0 Å². The first kappa shape index (κ1) is 19.8. The lowest BCUT2D eigenvalue weighted by Crippen LogP contribution is -2.18. The number of benzene rings is 2. The van der Waals surface area contributed by atoms with Crippen LogP contribution in [0.4, 0.5) is 0 Å². The summed E-state index contributed by atoms with van der Waals surface area (Å²) in [4.78, 5) is 0. The molecule has 0 aromatic heterocycles. The fourth-order valence-corrected chi connectivity index (χ4v) is 4.39. The van der Waals surface area contributed by atoms with E-state index >= 15 is 0 Å². The third kappa shape index (κ3) is 4.65. The lowest BCUT2D eigenvalue weighted by Gasteiger charge is -2.26. The molecule has 2 unspecified atom stereocenters. The molecule has 0 bridgehead atoms. The molecule has 0 spiro atoms. The average Bonchev–Trinajstić information content (AvgIpc) is 2.71. The summed E-state index contributed by atoms with van der Waals surface area (Å²) in [7, 11) is 3.38. The second kappa shape index (κ2) is 9.27. The third-order valence-corrected chi connectivity index (χ3v) is 5.93. The number of hydrogen-bond acceptors (Lipinski definition) is 3. The van der Waals surface area contributed by atoms with Gasteiger partial charge in [-0.25, -0.2) is 0 Å². The summed E-state index contributed by atoms with van der Waals surface area (Å²) in [6.07, 6.45) is 7.02. The largest absolute Gasteiger partial charge is 0.493 e. The third-order valence-electron chi connectivity index (χ3n) is 5.93. The van der Waals surface area contributed by atoms with Crippen LogP contribution in [0.15, 0.2) is 36.4 Å². The highest BCUT2D eigenvalue weighted by atomic mass is 16.5. The zero-order valence-electron chi connectivity index (χ0n) is 17.0. The number of fused-ring (bicyclic) bond motifs is 1. The molecule has 3 heteroatoms. The Kier molecular flexibility index (Phi) is 6.78. The predicted octanol–water partition coefficient (Wildman–Crippen LogP) is 4.89. The maximum absolute atomic E-state index is 6.00. The van der Waals surface area contributed by atoms with Gasteiger partial charge in [0.2, 0.25) is 0 Å². The van der Waals surface area contributed by atoms with E-state index in [9.17, 15) is 0 Å². The summed E-state index contributed by atoms with van der Waals surface area (Å²) in [5.74, 6) is 2.80. The molecule has 2 aromatic rings. The Labute approximate surface area is 163 Å². The van der Waals surface area contributed by atoms with Gasteiger partial charge in [0.1, 0.15) is 0 Å². The maximum atomic E-state index is 6.00. The Morgan fingerprint density at radius 3 is 2.56 bits per heavy atom. The molecule has 2 aromatic carbocycles. The number of hydrogen-bond donors (Lipinski definition) is 1. The molecule has 3 rings (SSSR count). The molecule has 2 atom stereocenters. The van der Waals surface area contributed by atoms with E-state index in [0.717, 1.165) is 30.9 Å². The van der Waals surface area contributed by atoms with Crippen LogP contribution in [0.2, 0.25) is 0 Å². The quantitative estimate of drug-likeness (QED) is 0.722. The highest BCUT2D eigenvalue weighted by Gasteiger charge is 2.21. The van der Waals surface area contributed by atoms with Crippen LogP contribution in [0.1, 0.15) is 54.4 Å². The topological polar surface area (TPSA) is 44.5 Å². The van der Waals surface area contributed by atoms with Crippen molar-refractivity contribution in [2.75, 3.05) is 20.8 Å². The van der Waals surface area contributed by atoms with Gasteiger partial charge >= 0.3 is 0 Å². The van der Waals surface area contributed by atoms with Crippen molar-refractivity contribution in [3.05, 3.63) is 58.7 Å². The van der Waals surface area contributed by atoms with Gasteiger partial charge in [0, 0.05) is 0 Å². The minimum atomic E-state index is 0.504. The molecule has 0 saturated heterocycles. The van der Waals surface area contributed by atoms with Crippen molar-refractivity contribution in [1.29, 1.82) is 0 Å². The van der Waals surface area contributed by atoms with E-state index in [4.69, 9.17) is 15.2 Å². The molecule has 1 aliphatic rings. The number of ether oxygens (including phenoxy) is 2. The van der Waals surface area contributed by atoms with Gasteiger partial charge in [0.05, 0.1) is 14.2 Å². The molecule has 0 saturated carbocycles. The number of rotatable bonds is 8. The van der Waals surface area contributed by atoms with Crippen LogP contribution in [-0.2, 0) is 19.3 Å². The number of aryl methyl sites for hydroxylation is 1. The molecular weight excluding hydrogens is 334 g/mol. The Morgan fingerprint density at radius 2 is 1.85 bits per heavy atom. The molecule has 3 nitrogen and oxygen atoms in total. The van der Waals surface area contributed by atoms with E-state index in [0.29, 0.717) is 11.8 Å². The first-order valence-corrected chi connectivity index (χ1v) is 10.2. The van der Waals surface area contributed by atoms with Crippen molar-refractivity contribution in [3.8, 4) is 11.5 Å². The lowest BCUT2D eigenvalue weighted by atomic mass is 9.79. The molecule has 0 amide bonds. The predicted molar refractivity (Wildman–Crippen MR) is 112 cm³/mol. The van der Waals surface area contributed by atoms with E-state index in [2.05, 4.69) is 37.3 Å². The molecular formula is C24H33NO2. The fourth-order valence-electron chi connectivity index (χ4n) is 4.39. The Hall–Kier alpha value is -2.00. The second-order valence-corrected chi connectivity index (χ2v) is 7.75. The van der Waals surface area contributed by atoms with Crippen molar-refractivity contribution in [1.82, 2.24) is 0 Å².